The predicted octanol–water partition coefficient (Wildman–Crippen LogP) is 2.28. The van der Waals surface area contributed by atoms with Gasteiger partial charge in [-0.25, -0.2) is 12.7 Å². The van der Waals surface area contributed by atoms with Crippen molar-refractivity contribution in [3.63, 3.8) is 0 Å². The zero-order chi connectivity index (χ0) is 17.7. The van der Waals surface area contributed by atoms with Gasteiger partial charge >= 0.3 is 0 Å². The Kier molecular flexibility index (Phi) is 6.25. The largest absolute Gasteiger partial charge is 0.493 e. The highest BCUT2D eigenvalue weighted by Gasteiger charge is 2.16. The van der Waals surface area contributed by atoms with Gasteiger partial charge in [0.15, 0.2) is 5.16 Å². The molecule has 2 aromatic rings. The molecule has 0 aliphatic carbocycles. The molecule has 0 unspecified atom stereocenters. The molecule has 0 fully saturated rings. The van der Waals surface area contributed by atoms with E-state index in [2.05, 4.69) is 24.0 Å². The fraction of sp³-hybridized carbons (Fsp3) is 0.467. The Bertz CT molecular complexity index is 755. The van der Waals surface area contributed by atoms with Crippen LogP contribution in [0.3, 0.4) is 0 Å². The highest BCUT2D eigenvalue weighted by atomic mass is 32.2. The fourth-order valence-corrected chi connectivity index (χ4v) is 3.66. The van der Waals surface area contributed by atoms with Crippen LogP contribution in [0, 0.1) is 0 Å². The normalized spacial score (nSPS) is 12.1. The molecule has 1 aromatic heterocycles. The van der Waals surface area contributed by atoms with Crippen LogP contribution < -0.4 is 4.74 Å². The molecule has 0 amide bonds. The summed E-state index contributed by atoms with van der Waals surface area (Å²) in [5.41, 5.74) is 0. The van der Waals surface area contributed by atoms with Crippen molar-refractivity contribution >= 4 is 21.8 Å². The van der Waals surface area contributed by atoms with E-state index in [0.29, 0.717) is 18.4 Å². The highest BCUT2D eigenvalue weighted by molar-refractivity contribution is 7.99. The van der Waals surface area contributed by atoms with Crippen molar-refractivity contribution in [1.29, 1.82) is 0 Å². The van der Waals surface area contributed by atoms with Gasteiger partial charge in [0.05, 0.1) is 11.5 Å². The molecule has 9 heteroatoms. The predicted molar refractivity (Wildman–Crippen MR) is 93.9 cm³/mol. The molecule has 132 valence electrons. The molecule has 0 aliphatic rings. The van der Waals surface area contributed by atoms with E-state index in [4.69, 9.17) is 4.74 Å². The molecule has 0 aliphatic heterocycles. The third kappa shape index (κ3) is 4.49. The van der Waals surface area contributed by atoms with Crippen molar-refractivity contribution in [1.82, 2.24) is 19.1 Å². The Morgan fingerprint density at radius 1 is 1.25 bits per heavy atom. The first-order valence-corrected chi connectivity index (χ1v) is 9.92. The van der Waals surface area contributed by atoms with E-state index >= 15 is 0 Å². The van der Waals surface area contributed by atoms with Gasteiger partial charge in [-0.15, -0.1) is 10.2 Å². The molecule has 1 heterocycles. The zero-order valence-electron chi connectivity index (χ0n) is 14.2. The van der Waals surface area contributed by atoms with E-state index < -0.39 is 10.0 Å². The van der Waals surface area contributed by atoms with Crippen molar-refractivity contribution in [3.8, 4) is 5.75 Å². The second kappa shape index (κ2) is 8.00. The first kappa shape index (κ1) is 18.8. The maximum Gasteiger partial charge on any atom is 0.242 e. The second-order valence-electron chi connectivity index (χ2n) is 5.57. The molecule has 0 bridgehead atoms. The first-order valence-electron chi connectivity index (χ1n) is 7.50. The average Bonchev–Trinajstić information content (AvgIpc) is 3.00. The van der Waals surface area contributed by atoms with Crippen LogP contribution in [0.1, 0.15) is 19.9 Å². The molecular formula is C15H22N4O3S2. The van der Waals surface area contributed by atoms with Gasteiger partial charge in [-0.1, -0.05) is 11.8 Å². The van der Waals surface area contributed by atoms with Gasteiger partial charge in [0.2, 0.25) is 10.0 Å². The van der Waals surface area contributed by atoms with Crippen molar-refractivity contribution in [2.24, 2.45) is 0 Å². The van der Waals surface area contributed by atoms with Crippen LogP contribution in [0.4, 0.5) is 0 Å². The number of aromatic nitrogens is 3. The van der Waals surface area contributed by atoms with E-state index in [1.807, 2.05) is 4.57 Å². The maximum absolute atomic E-state index is 12.0. The quantitative estimate of drug-likeness (QED) is 0.524. The molecule has 24 heavy (non-hydrogen) atoms. The van der Waals surface area contributed by atoms with E-state index in [0.717, 1.165) is 10.9 Å². The number of benzene rings is 1. The van der Waals surface area contributed by atoms with Gasteiger partial charge in [-0.3, -0.25) is 0 Å². The van der Waals surface area contributed by atoms with Crippen molar-refractivity contribution in [2.45, 2.75) is 29.9 Å². The third-order valence-corrected chi connectivity index (χ3v) is 6.03. The zero-order valence-corrected chi connectivity index (χ0v) is 15.8. The van der Waals surface area contributed by atoms with Crippen LogP contribution in [-0.2, 0) is 10.0 Å². The molecule has 0 saturated heterocycles. The fourth-order valence-electron chi connectivity index (χ4n) is 1.90. The molecule has 2 rings (SSSR count). The number of sulfonamides is 1. The summed E-state index contributed by atoms with van der Waals surface area (Å²) < 4.78 is 32.8. The lowest BCUT2D eigenvalue weighted by atomic mass is 10.3. The Morgan fingerprint density at radius 3 is 2.50 bits per heavy atom. The summed E-state index contributed by atoms with van der Waals surface area (Å²) in [6, 6.07) is 6.74. The van der Waals surface area contributed by atoms with Gasteiger partial charge in [0, 0.05) is 25.9 Å². The van der Waals surface area contributed by atoms with Crippen LogP contribution in [-0.4, -0.2) is 53.9 Å². The lowest BCUT2D eigenvalue weighted by Gasteiger charge is -2.12. The smallest absolute Gasteiger partial charge is 0.242 e. The standard InChI is InChI=1S/C15H22N4O3S2/c1-12(2)19-11-16-17-15(19)23-10-9-22-13-5-7-14(8-6-13)24(20,21)18(3)4/h5-8,11-12H,9-10H2,1-4H3. The molecule has 1 aromatic carbocycles. The molecule has 0 spiro atoms. The lowest BCUT2D eigenvalue weighted by Crippen LogP contribution is -2.22. The van der Waals surface area contributed by atoms with Crippen LogP contribution in [0.25, 0.3) is 0 Å². The Labute approximate surface area is 147 Å². The number of hydrogen-bond acceptors (Lipinski definition) is 6. The van der Waals surface area contributed by atoms with E-state index in [1.165, 1.54) is 18.4 Å². The summed E-state index contributed by atoms with van der Waals surface area (Å²) in [4.78, 5) is 0.249. The summed E-state index contributed by atoms with van der Waals surface area (Å²) in [5, 5.41) is 8.87. The van der Waals surface area contributed by atoms with Crippen LogP contribution in [0.15, 0.2) is 40.6 Å². The number of hydrogen-bond donors (Lipinski definition) is 0. The van der Waals surface area contributed by atoms with Gasteiger partial charge in [-0.2, -0.15) is 0 Å². The van der Waals surface area contributed by atoms with Crippen LogP contribution in [0.2, 0.25) is 0 Å². The van der Waals surface area contributed by atoms with Crippen LogP contribution in [0.5, 0.6) is 5.75 Å². The highest BCUT2D eigenvalue weighted by Crippen LogP contribution is 2.20. The van der Waals surface area contributed by atoms with Gasteiger partial charge < -0.3 is 9.30 Å². The molecule has 0 radical (unpaired) electrons. The third-order valence-electron chi connectivity index (χ3n) is 3.28. The minimum absolute atomic E-state index is 0.249. The van der Waals surface area contributed by atoms with E-state index in [1.54, 1.807) is 42.4 Å². The maximum atomic E-state index is 12.0. The number of thioether (sulfide) groups is 1. The van der Waals surface area contributed by atoms with Crippen LogP contribution >= 0.6 is 11.8 Å². The van der Waals surface area contributed by atoms with Crippen molar-refractivity contribution in [3.05, 3.63) is 30.6 Å². The van der Waals surface area contributed by atoms with Gasteiger partial charge in [0.25, 0.3) is 0 Å². The second-order valence-corrected chi connectivity index (χ2v) is 8.78. The lowest BCUT2D eigenvalue weighted by molar-refractivity contribution is 0.343. The summed E-state index contributed by atoms with van der Waals surface area (Å²) in [7, 11) is -0.392. The van der Waals surface area contributed by atoms with Crippen molar-refractivity contribution in [2.75, 3.05) is 26.5 Å². The van der Waals surface area contributed by atoms with Crippen molar-refractivity contribution < 1.29 is 13.2 Å². The molecule has 0 N–H and O–H groups in total. The SMILES string of the molecule is CC(C)n1cnnc1SCCOc1ccc(S(=O)(=O)N(C)C)cc1. The molecule has 7 nitrogen and oxygen atoms in total. The summed E-state index contributed by atoms with van der Waals surface area (Å²) in [5.74, 6) is 1.36. The number of ether oxygens (including phenoxy) is 1. The first-order chi connectivity index (χ1) is 11.3. The minimum atomic E-state index is -3.41. The van der Waals surface area contributed by atoms with Gasteiger partial charge in [-0.05, 0) is 38.1 Å². The summed E-state index contributed by atoms with van der Waals surface area (Å²) in [6.07, 6.45) is 1.72. The Morgan fingerprint density at radius 2 is 1.92 bits per heavy atom. The Hall–Kier alpha value is -1.58. The van der Waals surface area contributed by atoms with E-state index in [9.17, 15) is 8.42 Å². The van der Waals surface area contributed by atoms with E-state index in [-0.39, 0.29) is 4.90 Å². The minimum Gasteiger partial charge on any atom is -0.493 e. The number of rotatable bonds is 8. The van der Waals surface area contributed by atoms with Gasteiger partial charge in [0.1, 0.15) is 12.1 Å². The average molecular weight is 371 g/mol. The topological polar surface area (TPSA) is 77.3 Å². The molecule has 0 saturated carbocycles. The Balaban J connectivity index is 1.86. The summed E-state index contributed by atoms with van der Waals surface area (Å²) >= 11 is 1.57. The molecule has 0 atom stereocenters. The number of nitrogens with zero attached hydrogens (tertiary/aromatic N) is 4. The monoisotopic (exact) mass is 370 g/mol. The molecular weight excluding hydrogens is 348 g/mol. The summed E-state index contributed by atoms with van der Waals surface area (Å²) in [6.45, 7) is 4.65.